The molecule has 0 aromatic heterocycles. The van der Waals surface area contributed by atoms with E-state index in [1.807, 2.05) is 50.2 Å². The number of cyclic esters (lactones) is 1. The van der Waals surface area contributed by atoms with Crippen LogP contribution in [0.4, 0.5) is 0 Å². The van der Waals surface area contributed by atoms with Gasteiger partial charge in [0.1, 0.15) is 18.3 Å². The molecule has 0 spiro atoms. The highest BCUT2D eigenvalue weighted by Gasteiger charge is 2.78. The van der Waals surface area contributed by atoms with Crippen molar-refractivity contribution >= 4 is 24.4 Å². The van der Waals surface area contributed by atoms with Gasteiger partial charge >= 0.3 is 5.97 Å². The van der Waals surface area contributed by atoms with Gasteiger partial charge in [0.15, 0.2) is 31.0 Å². The molecule has 3 aliphatic heterocycles. The minimum absolute atomic E-state index is 0.262. The van der Waals surface area contributed by atoms with E-state index in [1.165, 1.54) is 0 Å². The molecule has 3 saturated heterocycles. The highest BCUT2D eigenvalue weighted by Crippen LogP contribution is 2.52. The number of benzene rings is 2. The van der Waals surface area contributed by atoms with Crippen LogP contribution in [0.15, 0.2) is 60.7 Å². The van der Waals surface area contributed by atoms with Crippen molar-refractivity contribution in [2.24, 2.45) is 0 Å². The summed E-state index contributed by atoms with van der Waals surface area (Å²) in [5, 5.41) is 11.0. The molecule has 0 bridgehead atoms. The molecule has 2 aromatic rings. The number of rotatable bonds is 8. The average molecular weight is 527 g/mol. The number of ether oxygens (including phenoxy) is 5. The van der Waals surface area contributed by atoms with Gasteiger partial charge in [0, 0.05) is 0 Å². The maximum Gasteiger partial charge on any atom is 0.339 e. The van der Waals surface area contributed by atoms with Crippen molar-refractivity contribution in [1.29, 1.82) is 0 Å². The summed E-state index contributed by atoms with van der Waals surface area (Å²) in [5.74, 6) is -2.38. The lowest BCUT2D eigenvalue weighted by Crippen LogP contribution is -2.78. The van der Waals surface area contributed by atoms with Crippen LogP contribution in [0.3, 0.4) is 0 Å². The van der Waals surface area contributed by atoms with E-state index in [0.29, 0.717) is 0 Å². The molecule has 200 valence electrons. The minimum atomic E-state index is -3.08. The lowest BCUT2D eigenvalue weighted by molar-refractivity contribution is -0.203. The average Bonchev–Trinajstić information content (AvgIpc) is 3.45. The smallest absolute Gasteiger partial charge is 0.339 e. The molecule has 3 aliphatic rings. The number of esters is 1. The number of carbonyl (C=O) groups is 1. The van der Waals surface area contributed by atoms with E-state index in [0.717, 1.165) is 29.3 Å². The predicted octanol–water partition coefficient (Wildman–Crippen LogP) is 2.92. The Balaban J connectivity index is 1.75. The molecular weight excluding hydrogens is 488 g/mol. The summed E-state index contributed by atoms with van der Waals surface area (Å²) in [5.41, 5.74) is 0. The number of aliphatic hydroxyl groups excluding tert-OH is 1. The maximum atomic E-state index is 14.4. The van der Waals surface area contributed by atoms with Gasteiger partial charge in [-0.2, -0.15) is 0 Å². The van der Waals surface area contributed by atoms with Crippen molar-refractivity contribution < 1.29 is 33.6 Å². The van der Waals surface area contributed by atoms with Gasteiger partial charge in [0.2, 0.25) is 0 Å². The van der Waals surface area contributed by atoms with Crippen molar-refractivity contribution in [3.05, 3.63) is 60.7 Å². The molecular formula is C29H38O7Si. The van der Waals surface area contributed by atoms with Crippen LogP contribution in [0.1, 0.15) is 47.5 Å². The largest absolute Gasteiger partial charge is 0.455 e. The molecule has 0 saturated carbocycles. The Labute approximate surface area is 220 Å². The van der Waals surface area contributed by atoms with E-state index < -0.39 is 55.3 Å². The zero-order valence-corrected chi connectivity index (χ0v) is 23.3. The van der Waals surface area contributed by atoms with Crippen molar-refractivity contribution in [2.75, 3.05) is 6.61 Å². The fraction of sp³-hybridized carbons (Fsp3) is 0.552. The molecule has 3 heterocycles. The quantitative estimate of drug-likeness (QED) is 0.418. The molecule has 1 N–H and O–H groups in total. The van der Waals surface area contributed by atoms with Crippen LogP contribution in [0.25, 0.3) is 0 Å². The molecule has 37 heavy (non-hydrogen) atoms. The second kappa shape index (κ2) is 9.59. The lowest BCUT2D eigenvalue weighted by atomic mass is 10.0. The standard InChI is InChI=1S/C29H38O7Si/c1-6-7-18-37(20-14-10-8-11-15-20,21-16-12-9-13-17-21)29-25(35-28(4,5)36-29)24(32-26(29)31)23-22(19-30)33-27(2,3)34-23/h8-17,22-25,30H,6-7,18-19H2,1-5H3/t22-,23+,24-,25-,29+/m0/s1. The summed E-state index contributed by atoms with van der Waals surface area (Å²) in [7, 11) is -3.08. The molecule has 5 rings (SSSR count). The Kier molecular flexibility index (Phi) is 6.88. The monoisotopic (exact) mass is 526 g/mol. The topological polar surface area (TPSA) is 83.5 Å². The number of unbranched alkanes of at least 4 members (excludes halogenated alkanes) is 1. The first-order valence-corrected chi connectivity index (χ1v) is 15.5. The zero-order chi connectivity index (χ0) is 26.5. The van der Waals surface area contributed by atoms with Crippen LogP contribution in [0.2, 0.25) is 6.04 Å². The van der Waals surface area contributed by atoms with Crippen molar-refractivity contribution in [3.63, 3.8) is 0 Å². The summed E-state index contributed by atoms with van der Waals surface area (Å²) in [4.78, 5) is 14.4. The van der Waals surface area contributed by atoms with Gasteiger partial charge in [0.25, 0.3) is 0 Å². The van der Waals surface area contributed by atoms with E-state index in [-0.39, 0.29) is 6.61 Å². The fourth-order valence-corrected chi connectivity index (χ4v) is 12.7. The molecule has 3 fully saturated rings. The summed E-state index contributed by atoms with van der Waals surface area (Å²) in [6.45, 7) is 9.20. The number of carbonyl (C=O) groups excluding carboxylic acids is 1. The second-order valence-electron chi connectivity index (χ2n) is 11.2. The third-order valence-corrected chi connectivity index (χ3v) is 13.5. The lowest BCUT2D eigenvalue weighted by Gasteiger charge is -2.44. The van der Waals surface area contributed by atoms with Gasteiger partial charge in [-0.25, -0.2) is 4.79 Å². The van der Waals surface area contributed by atoms with Crippen LogP contribution in [-0.2, 0) is 28.5 Å². The summed E-state index contributed by atoms with van der Waals surface area (Å²) < 4.78 is 31.9. The maximum absolute atomic E-state index is 14.4. The molecule has 0 radical (unpaired) electrons. The first-order chi connectivity index (χ1) is 17.6. The van der Waals surface area contributed by atoms with E-state index in [1.54, 1.807) is 13.8 Å². The SMILES string of the molecule is CCCC[Si](c1ccccc1)(c1ccccc1)[C@]12OC(C)(C)O[C@H]1[C@H]([C@@H]1OC(C)(C)O[C@H]1CO)OC2=O. The fourth-order valence-electron chi connectivity index (χ4n) is 6.57. The van der Waals surface area contributed by atoms with Gasteiger partial charge in [-0.05, 0) is 33.7 Å². The molecule has 0 amide bonds. The number of aliphatic hydroxyl groups is 1. The van der Waals surface area contributed by atoms with Gasteiger partial charge in [0.05, 0.1) is 6.61 Å². The molecule has 8 heteroatoms. The van der Waals surface area contributed by atoms with Crippen LogP contribution in [0, 0.1) is 0 Å². The van der Waals surface area contributed by atoms with Gasteiger partial charge in [-0.3, -0.25) is 0 Å². The van der Waals surface area contributed by atoms with E-state index in [2.05, 4.69) is 31.2 Å². The van der Waals surface area contributed by atoms with Crippen LogP contribution in [0.5, 0.6) is 0 Å². The Bertz CT molecular complexity index is 1070. The summed E-state index contributed by atoms with van der Waals surface area (Å²) >= 11 is 0. The summed E-state index contributed by atoms with van der Waals surface area (Å²) in [6, 6.07) is 21.3. The number of fused-ring (bicyclic) bond motifs is 1. The third-order valence-electron chi connectivity index (χ3n) is 7.86. The molecule has 5 atom stereocenters. The Morgan fingerprint density at radius 1 is 0.838 bits per heavy atom. The molecule has 0 unspecified atom stereocenters. The Morgan fingerprint density at radius 2 is 1.43 bits per heavy atom. The predicted molar refractivity (Wildman–Crippen MR) is 141 cm³/mol. The van der Waals surface area contributed by atoms with Crippen LogP contribution < -0.4 is 10.4 Å². The molecule has 2 aromatic carbocycles. The van der Waals surface area contributed by atoms with E-state index in [4.69, 9.17) is 23.7 Å². The highest BCUT2D eigenvalue weighted by atomic mass is 28.3. The van der Waals surface area contributed by atoms with Gasteiger partial charge in [-0.1, -0.05) is 90.8 Å². The Hall–Kier alpha value is -2.07. The van der Waals surface area contributed by atoms with Crippen LogP contribution >= 0.6 is 0 Å². The van der Waals surface area contributed by atoms with Crippen molar-refractivity contribution in [2.45, 2.75) is 94.7 Å². The number of hydrogen-bond donors (Lipinski definition) is 1. The van der Waals surface area contributed by atoms with Crippen molar-refractivity contribution in [3.8, 4) is 0 Å². The first-order valence-electron chi connectivity index (χ1n) is 13.3. The number of hydrogen-bond acceptors (Lipinski definition) is 7. The Morgan fingerprint density at radius 3 is 1.97 bits per heavy atom. The van der Waals surface area contributed by atoms with E-state index in [9.17, 15) is 9.90 Å². The van der Waals surface area contributed by atoms with Gasteiger partial charge in [-0.15, -0.1) is 0 Å². The highest BCUT2D eigenvalue weighted by molar-refractivity contribution is 7.06. The van der Waals surface area contributed by atoms with E-state index >= 15 is 0 Å². The van der Waals surface area contributed by atoms with Crippen molar-refractivity contribution in [1.82, 2.24) is 0 Å². The third kappa shape index (κ3) is 4.18. The normalized spacial score (nSPS) is 32.3. The first kappa shape index (κ1) is 26.5. The minimum Gasteiger partial charge on any atom is -0.455 e. The molecule has 0 aliphatic carbocycles. The van der Waals surface area contributed by atoms with Gasteiger partial charge < -0.3 is 28.8 Å². The summed E-state index contributed by atoms with van der Waals surface area (Å²) in [6.07, 6.45) is -1.00. The zero-order valence-electron chi connectivity index (χ0n) is 22.3. The molecule has 7 nitrogen and oxygen atoms in total. The second-order valence-corrected chi connectivity index (χ2v) is 15.4. The van der Waals surface area contributed by atoms with Crippen LogP contribution in [-0.4, -0.2) is 67.0 Å².